The van der Waals surface area contributed by atoms with Gasteiger partial charge in [0.15, 0.2) is 0 Å². The van der Waals surface area contributed by atoms with E-state index in [0.29, 0.717) is 0 Å². The average molecular weight is 947 g/mol. The van der Waals surface area contributed by atoms with Gasteiger partial charge in [0, 0.05) is 38.8 Å². The molecule has 11 aromatic rings. The molecule has 71 heavy (non-hydrogen) atoms. The van der Waals surface area contributed by atoms with E-state index in [-0.39, 0.29) is 4.66 Å². The first-order valence-corrected chi connectivity index (χ1v) is 32.1. The lowest BCUT2D eigenvalue weighted by Gasteiger charge is -2.51. The fourth-order valence-corrected chi connectivity index (χ4v) is 25.7. The third-order valence-corrected chi connectivity index (χ3v) is 25.3. The highest BCUT2D eigenvalue weighted by atomic mass is 28.4. The maximum Gasteiger partial charge on any atom is 0.0579 e. The molecule has 1 aliphatic rings. The van der Waals surface area contributed by atoms with Crippen LogP contribution in [0.5, 0.6) is 0 Å². The Balaban J connectivity index is 1.06. The third-order valence-electron chi connectivity index (χ3n) is 15.3. The van der Waals surface area contributed by atoms with E-state index in [1.54, 1.807) is 5.56 Å². The van der Waals surface area contributed by atoms with Crippen molar-refractivity contribution in [2.75, 3.05) is 9.80 Å². The van der Waals surface area contributed by atoms with Crippen molar-refractivity contribution in [3.05, 3.63) is 254 Å². The van der Waals surface area contributed by atoms with Crippen molar-refractivity contribution in [2.24, 2.45) is 0 Å². The molecular formula is C67H58N2Si2. The van der Waals surface area contributed by atoms with Crippen molar-refractivity contribution in [2.45, 2.75) is 43.9 Å². The molecule has 0 aliphatic heterocycles. The molecule has 0 saturated heterocycles. The van der Waals surface area contributed by atoms with Crippen LogP contribution in [0, 0.1) is 0 Å². The van der Waals surface area contributed by atoms with Gasteiger partial charge in [0.1, 0.15) is 0 Å². The zero-order valence-electron chi connectivity index (χ0n) is 41.5. The number of para-hydroxylation sites is 2. The third kappa shape index (κ3) is 7.35. The number of hydrogen-bond acceptors (Lipinski definition) is 2. The molecule has 0 atom stereocenters. The number of hydrogen-bond donors (Lipinski definition) is 0. The Morgan fingerprint density at radius 1 is 0.296 bits per heavy atom. The lowest BCUT2D eigenvalue weighted by molar-refractivity contribution is 0.965. The van der Waals surface area contributed by atoms with Gasteiger partial charge in [-0.25, -0.2) is 0 Å². The van der Waals surface area contributed by atoms with Gasteiger partial charge in [-0.1, -0.05) is 203 Å². The highest BCUT2D eigenvalue weighted by Crippen LogP contribution is 2.62. The largest absolute Gasteiger partial charge is 0.310 e. The molecule has 344 valence electrons. The molecular weight excluding hydrogens is 889 g/mol. The summed E-state index contributed by atoms with van der Waals surface area (Å²) in [5.41, 5.74) is 17.6. The molecule has 12 rings (SSSR count). The first-order chi connectivity index (χ1) is 34.5. The molecule has 0 radical (unpaired) electrons. The maximum atomic E-state index is 2.65. The number of rotatable bonds is 10. The minimum Gasteiger partial charge on any atom is -0.310 e. The van der Waals surface area contributed by atoms with Gasteiger partial charge in [-0.05, 0) is 156 Å². The Labute approximate surface area is 421 Å². The number of benzene rings is 11. The molecule has 11 aromatic carbocycles. The molecule has 0 unspecified atom stereocenters. The Morgan fingerprint density at radius 3 is 1.21 bits per heavy atom. The number of anilines is 6. The molecule has 1 aliphatic carbocycles. The molecule has 0 N–H and O–H groups in total. The summed E-state index contributed by atoms with van der Waals surface area (Å²) in [5, 5.41) is 7.89. The summed E-state index contributed by atoms with van der Waals surface area (Å²) in [6.07, 6.45) is 0. The highest BCUT2D eigenvalue weighted by molar-refractivity contribution is 7.00. The molecule has 0 aromatic heterocycles. The lowest BCUT2D eigenvalue weighted by Crippen LogP contribution is -2.63. The first-order valence-electron chi connectivity index (χ1n) is 25.1. The van der Waals surface area contributed by atoms with Gasteiger partial charge in [-0.15, -0.1) is 0 Å². The topological polar surface area (TPSA) is 6.48 Å². The van der Waals surface area contributed by atoms with E-state index in [4.69, 9.17) is 0 Å². The van der Waals surface area contributed by atoms with Crippen LogP contribution in [-0.4, -0.2) is 16.1 Å². The van der Waals surface area contributed by atoms with Crippen LogP contribution in [0.15, 0.2) is 243 Å². The van der Waals surface area contributed by atoms with Gasteiger partial charge in [-0.2, -0.15) is 0 Å². The van der Waals surface area contributed by atoms with Crippen molar-refractivity contribution >= 4 is 82.6 Å². The smallest absolute Gasteiger partial charge is 0.0579 e. The summed E-state index contributed by atoms with van der Waals surface area (Å²) < 4.78 is -0.0998. The molecule has 0 bridgehead atoms. The summed E-state index contributed by atoms with van der Waals surface area (Å²) in [6, 6.07) is 90.0. The van der Waals surface area contributed by atoms with Crippen molar-refractivity contribution in [3.8, 4) is 33.4 Å². The second kappa shape index (κ2) is 17.3. The molecule has 0 fully saturated rings. The van der Waals surface area contributed by atoms with E-state index < -0.39 is 16.1 Å². The minimum absolute atomic E-state index is 0.0998. The summed E-state index contributed by atoms with van der Waals surface area (Å²) in [6.45, 7) is 15.9. The Hall–Kier alpha value is -7.77. The van der Waals surface area contributed by atoms with Crippen molar-refractivity contribution in [1.82, 2.24) is 0 Å². The zero-order valence-corrected chi connectivity index (χ0v) is 43.5. The normalized spacial score (nSPS) is 13.0. The van der Waals surface area contributed by atoms with Gasteiger partial charge in [0.2, 0.25) is 0 Å². The van der Waals surface area contributed by atoms with Gasteiger partial charge >= 0.3 is 0 Å². The van der Waals surface area contributed by atoms with Crippen LogP contribution in [-0.2, 0) is 4.66 Å². The van der Waals surface area contributed by atoms with Crippen molar-refractivity contribution in [1.29, 1.82) is 0 Å². The standard InChI is InChI=1S/C67H58N2Si2/c1-70(2,3)67(71(4,5)6)64-45-52-43-57(68(53-25-15-9-16-26-53)55-36-31-49(32-37-55)47-21-11-7-12-22-47)40-35-51(52)44-63(64)65-60-30-20-19-29-59(60)62-46-58(41-42-61(62)66(65)67)69(54-27-17-10-18-28-54)56-38-33-50(34-39-56)48-23-13-8-14-24-48/h7-46H,1-6H3. The summed E-state index contributed by atoms with van der Waals surface area (Å²) in [4.78, 5) is 4.84. The molecule has 2 nitrogen and oxygen atoms in total. The fraction of sp³-hybridized carbons (Fsp3) is 0.104. The van der Waals surface area contributed by atoms with Crippen molar-refractivity contribution in [3.63, 3.8) is 0 Å². The first kappa shape index (κ1) is 44.4. The predicted molar refractivity (Wildman–Crippen MR) is 312 cm³/mol. The maximum absolute atomic E-state index is 2.65. The minimum atomic E-state index is -2.11. The van der Waals surface area contributed by atoms with E-state index in [9.17, 15) is 0 Å². The summed E-state index contributed by atoms with van der Waals surface area (Å²) >= 11 is 0. The quantitative estimate of drug-likeness (QED) is 0.0996. The Kier molecular flexibility index (Phi) is 10.8. The highest BCUT2D eigenvalue weighted by Gasteiger charge is 2.60. The number of fused-ring (bicyclic) bond motifs is 9. The summed E-state index contributed by atoms with van der Waals surface area (Å²) in [5.74, 6) is 0. The van der Waals surface area contributed by atoms with Crippen LogP contribution in [0.2, 0.25) is 39.3 Å². The van der Waals surface area contributed by atoms with Crippen LogP contribution < -0.4 is 9.80 Å². The van der Waals surface area contributed by atoms with E-state index >= 15 is 0 Å². The average Bonchev–Trinajstić information content (AvgIpc) is 3.73. The van der Waals surface area contributed by atoms with Crippen LogP contribution in [0.25, 0.3) is 65.7 Å². The van der Waals surface area contributed by atoms with Gasteiger partial charge in [-0.3, -0.25) is 0 Å². The second-order valence-corrected chi connectivity index (χ2v) is 32.4. The van der Waals surface area contributed by atoms with Gasteiger partial charge in [0.25, 0.3) is 0 Å². The van der Waals surface area contributed by atoms with E-state index in [1.807, 2.05) is 0 Å². The van der Waals surface area contributed by atoms with E-state index in [1.165, 1.54) is 71.3 Å². The fourth-order valence-electron chi connectivity index (χ4n) is 12.7. The monoisotopic (exact) mass is 946 g/mol. The van der Waals surface area contributed by atoms with Gasteiger partial charge in [0.05, 0.1) is 16.1 Å². The van der Waals surface area contributed by atoms with Crippen LogP contribution in [0.3, 0.4) is 0 Å². The summed E-state index contributed by atoms with van der Waals surface area (Å²) in [7, 11) is -4.22. The Morgan fingerprint density at radius 2 is 0.704 bits per heavy atom. The molecule has 0 heterocycles. The van der Waals surface area contributed by atoms with Crippen LogP contribution in [0.1, 0.15) is 11.1 Å². The zero-order chi connectivity index (χ0) is 48.5. The second-order valence-electron chi connectivity index (χ2n) is 21.4. The van der Waals surface area contributed by atoms with Gasteiger partial charge < -0.3 is 9.80 Å². The molecule has 0 spiro atoms. The SMILES string of the molecule is C[Si](C)(C)C1([Si](C)(C)C)c2cc3cc(N(c4ccccc4)c4ccc(-c5ccccc5)cc4)ccc3cc2-c2c1c1ccc(N(c3ccccc3)c3ccc(-c4ccccc4)cc3)cc1c1ccccc21. The van der Waals surface area contributed by atoms with Crippen LogP contribution >= 0.6 is 0 Å². The lowest BCUT2D eigenvalue weighted by atomic mass is 9.90. The predicted octanol–water partition coefficient (Wildman–Crippen LogP) is 19.4. The molecule has 4 heteroatoms. The van der Waals surface area contributed by atoms with Crippen molar-refractivity contribution < 1.29 is 0 Å². The van der Waals surface area contributed by atoms with Crippen LogP contribution in [0.4, 0.5) is 34.1 Å². The Bertz CT molecular complexity index is 3730. The molecule has 0 amide bonds. The van der Waals surface area contributed by atoms with E-state index in [2.05, 4.69) is 292 Å². The van der Waals surface area contributed by atoms with E-state index in [0.717, 1.165) is 34.1 Å². The number of nitrogens with zero attached hydrogens (tertiary/aromatic N) is 2. The molecule has 0 saturated carbocycles.